The summed E-state index contributed by atoms with van der Waals surface area (Å²) in [5.74, 6) is -1.34. The maximum atomic E-state index is 12.6. The fourth-order valence-electron chi connectivity index (χ4n) is 3.13. The SMILES string of the molecule is N#CCCN(Cc1cccnc1)C(=O)C(=O)Nc1ccc2c(c1)CCC2. The van der Waals surface area contributed by atoms with E-state index in [4.69, 9.17) is 5.26 Å². The van der Waals surface area contributed by atoms with Crippen molar-refractivity contribution in [3.63, 3.8) is 0 Å². The molecule has 0 saturated carbocycles. The van der Waals surface area contributed by atoms with Gasteiger partial charge >= 0.3 is 11.8 Å². The lowest BCUT2D eigenvalue weighted by molar-refractivity contribution is -0.143. The Morgan fingerprint density at radius 1 is 1.23 bits per heavy atom. The lowest BCUT2D eigenvalue weighted by Gasteiger charge is -2.21. The number of amides is 2. The number of aryl methyl sites for hydroxylation is 2. The Balaban J connectivity index is 1.69. The molecule has 1 aromatic carbocycles. The lowest BCUT2D eigenvalue weighted by Crippen LogP contribution is -2.39. The molecule has 0 bridgehead atoms. The highest BCUT2D eigenvalue weighted by molar-refractivity contribution is 6.39. The summed E-state index contributed by atoms with van der Waals surface area (Å²) in [7, 11) is 0. The van der Waals surface area contributed by atoms with E-state index in [1.807, 2.05) is 30.3 Å². The molecule has 1 aliphatic rings. The molecule has 0 saturated heterocycles. The maximum absolute atomic E-state index is 12.6. The Hall–Kier alpha value is -3.20. The van der Waals surface area contributed by atoms with Crippen molar-refractivity contribution in [2.45, 2.75) is 32.2 Å². The summed E-state index contributed by atoms with van der Waals surface area (Å²) < 4.78 is 0. The van der Waals surface area contributed by atoms with Crippen molar-refractivity contribution in [3.05, 3.63) is 59.4 Å². The van der Waals surface area contributed by atoms with Gasteiger partial charge in [-0.3, -0.25) is 14.6 Å². The van der Waals surface area contributed by atoms with Gasteiger partial charge in [0, 0.05) is 31.2 Å². The quantitative estimate of drug-likeness (QED) is 0.841. The average Bonchev–Trinajstić information content (AvgIpc) is 3.13. The Bertz CT molecular complexity index is 843. The van der Waals surface area contributed by atoms with Crippen LogP contribution in [0.1, 0.15) is 29.5 Å². The standard InChI is InChI=1S/C20H20N4O2/c21-9-3-11-24(14-15-4-2-10-22-13-15)20(26)19(25)23-18-8-7-16-5-1-6-17(16)12-18/h2,4,7-8,10,12-13H,1,3,5-6,11,14H2,(H,23,25). The van der Waals surface area contributed by atoms with Crippen molar-refractivity contribution in [1.29, 1.82) is 5.26 Å². The van der Waals surface area contributed by atoms with Crippen LogP contribution in [-0.4, -0.2) is 28.2 Å². The number of hydrogen-bond donors (Lipinski definition) is 1. The van der Waals surface area contributed by atoms with Gasteiger partial charge < -0.3 is 10.2 Å². The first kappa shape index (κ1) is 17.6. The van der Waals surface area contributed by atoms with Gasteiger partial charge in [0.2, 0.25) is 0 Å². The molecule has 0 spiro atoms. The smallest absolute Gasteiger partial charge is 0.313 e. The normalized spacial score (nSPS) is 12.1. The van der Waals surface area contributed by atoms with E-state index in [2.05, 4.69) is 10.3 Å². The summed E-state index contributed by atoms with van der Waals surface area (Å²) in [6, 6.07) is 11.4. The summed E-state index contributed by atoms with van der Waals surface area (Å²) in [6.45, 7) is 0.438. The number of pyridine rings is 1. The topological polar surface area (TPSA) is 86.1 Å². The van der Waals surface area contributed by atoms with Crippen molar-refractivity contribution >= 4 is 17.5 Å². The molecule has 2 amide bonds. The monoisotopic (exact) mass is 348 g/mol. The third-order valence-corrected chi connectivity index (χ3v) is 4.43. The molecule has 6 heteroatoms. The number of fused-ring (bicyclic) bond motifs is 1. The van der Waals surface area contributed by atoms with Crippen LogP contribution in [0.2, 0.25) is 0 Å². The second kappa shape index (κ2) is 8.26. The maximum Gasteiger partial charge on any atom is 0.313 e. The predicted molar refractivity (Wildman–Crippen MR) is 97.0 cm³/mol. The number of benzene rings is 1. The molecule has 132 valence electrons. The number of carbonyl (C=O) groups excluding carboxylic acids is 2. The number of anilines is 1. The van der Waals surface area contributed by atoms with Crippen LogP contribution in [0.3, 0.4) is 0 Å². The Morgan fingerprint density at radius 2 is 2.08 bits per heavy atom. The van der Waals surface area contributed by atoms with Gasteiger partial charge in [-0.15, -0.1) is 0 Å². The number of carbonyl (C=O) groups is 2. The molecule has 0 atom stereocenters. The van der Waals surface area contributed by atoms with Crippen LogP contribution < -0.4 is 5.32 Å². The molecule has 0 unspecified atom stereocenters. The first-order valence-electron chi connectivity index (χ1n) is 8.65. The van der Waals surface area contributed by atoms with E-state index in [-0.39, 0.29) is 19.5 Å². The molecule has 0 aliphatic heterocycles. The highest BCUT2D eigenvalue weighted by atomic mass is 16.2. The predicted octanol–water partition coefficient (Wildman–Crippen LogP) is 2.45. The number of aromatic nitrogens is 1. The molecular formula is C20H20N4O2. The van der Waals surface area contributed by atoms with E-state index >= 15 is 0 Å². The Labute approximate surface area is 152 Å². The van der Waals surface area contributed by atoms with Gasteiger partial charge in [0.05, 0.1) is 12.5 Å². The van der Waals surface area contributed by atoms with Crippen LogP contribution in [0.25, 0.3) is 0 Å². The van der Waals surface area contributed by atoms with E-state index in [1.165, 1.54) is 16.0 Å². The first-order valence-corrected chi connectivity index (χ1v) is 8.65. The van der Waals surface area contributed by atoms with Crippen LogP contribution in [0.15, 0.2) is 42.7 Å². The van der Waals surface area contributed by atoms with E-state index in [9.17, 15) is 9.59 Å². The number of hydrogen-bond acceptors (Lipinski definition) is 4. The Kier molecular flexibility index (Phi) is 5.59. The van der Waals surface area contributed by atoms with Gasteiger partial charge in [-0.2, -0.15) is 5.26 Å². The average molecular weight is 348 g/mol. The minimum absolute atomic E-state index is 0.165. The number of rotatable bonds is 5. The third-order valence-electron chi connectivity index (χ3n) is 4.43. The molecule has 6 nitrogen and oxygen atoms in total. The van der Waals surface area contributed by atoms with Crippen molar-refractivity contribution in [2.24, 2.45) is 0 Å². The molecule has 3 rings (SSSR count). The van der Waals surface area contributed by atoms with Gasteiger partial charge in [-0.05, 0) is 54.2 Å². The van der Waals surface area contributed by atoms with Gasteiger partial charge in [-0.25, -0.2) is 0 Å². The number of nitrogens with one attached hydrogen (secondary N) is 1. The van der Waals surface area contributed by atoms with Gasteiger partial charge in [-0.1, -0.05) is 12.1 Å². The molecule has 1 aliphatic carbocycles. The zero-order valence-electron chi connectivity index (χ0n) is 14.4. The van der Waals surface area contributed by atoms with Crippen LogP contribution in [-0.2, 0) is 29.0 Å². The minimum atomic E-state index is -0.690. The van der Waals surface area contributed by atoms with E-state index in [0.29, 0.717) is 5.69 Å². The molecule has 0 radical (unpaired) electrons. The summed E-state index contributed by atoms with van der Waals surface area (Å²) in [4.78, 5) is 30.4. The lowest BCUT2D eigenvalue weighted by atomic mass is 10.1. The molecule has 2 aromatic rings. The second-order valence-electron chi connectivity index (χ2n) is 6.29. The number of nitrogens with zero attached hydrogens (tertiary/aromatic N) is 3. The summed E-state index contributed by atoms with van der Waals surface area (Å²) in [5, 5.41) is 11.5. The van der Waals surface area contributed by atoms with Gasteiger partial charge in [0.25, 0.3) is 0 Å². The zero-order valence-corrected chi connectivity index (χ0v) is 14.4. The van der Waals surface area contributed by atoms with Gasteiger partial charge in [0.1, 0.15) is 0 Å². The van der Waals surface area contributed by atoms with Crippen molar-refractivity contribution in [3.8, 4) is 6.07 Å². The molecule has 1 heterocycles. The third kappa shape index (κ3) is 4.25. The molecule has 1 aromatic heterocycles. The van der Waals surface area contributed by atoms with Crippen LogP contribution in [0, 0.1) is 11.3 Å². The molecule has 1 N–H and O–H groups in total. The summed E-state index contributed by atoms with van der Waals surface area (Å²) >= 11 is 0. The fourth-order valence-corrected chi connectivity index (χ4v) is 3.13. The molecule has 0 fully saturated rings. The van der Waals surface area contributed by atoms with E-state index in [1.54, 1.807) is 18.5 Å². The van der Waals surface area contributed by atoms with Crippen molar-refractivity contribution < 1.29 is 9.59 Å². The minimum Gasteiger partial charge on any atom is -0.329 e. The first-order chi connectivity index (χ1) is 12.7. The van der Waals surface area contributed by atoms with Crippen LogP contribution in [0.5, 0.6) is 0 Å². The summed E-state index contributed by atoms with van der Waals surface area (Å²) in [6.07, 6.45) is 6.64. The van der Waals surface area contributed by atoms with Crippen LogP contribution in [0.4, 0.5) is 5.69 Å². The molecule has 26 heavy (non-hydrogen) atoms. The largest absolute Gasteiger partial charge is 0.329 e. The highest BCUT2D eigenvalue weighted by Gasteiger charge is 2.22. The highest BCUT2D eigenvalue weighted by Crippen LogP contribution is 2.24. The van der Waals surface area contributed by atoms with Crippen molar-refractivity contribution in [2.75, 3.05) is 11.9 Å². The van der Waals surface area contributed by atoms with Gasteiger partial charge in [0.15, 0.2) is 0 Å². The van der Waals surface area contributed by atoms with E-state index in [0.717, 1.165) is 24.8 Å². The van der Waals surface area contributed by atoms with Crippen LogP contribution >= 0.6 is 0 Å². The zero-order chi connectivity index (χ0) is 18.4. The Morgan fingerprint density at radius 3 is 2.85 bits per heavy atom. The van der Waals surface area contributed by atoms with E-state index < -0.39 is 11.8 Å². The molecular weight excluding hydrogens is 328 g/mol. The van der Waals surface area contributed by atoms with Crippen molar-refractivity contribution in [1.82, 2.24) is 9.88 Å². The summed E-state index contributed by atoms with van der Waals surface area (Å²) in [5.41, 5.74) is 3.98. The number of nitriles is 1. The fraction of sp³-hybridized carbons (Fsp3) is 0.300. The second-order valence-corrected chi connectivity index (χ2v) is 6.29.